The van der Waals surface area contributed by atoms with Gasteiger partial charge in [-0.2, -0.15) is 0 Å². The number of hydrogen-bond acceptors (Lipinski definition) is 4. The maximum absolute atomic E-state index is 13.4. The average molecular weight is 324 g/mol. The van der Waals surface area contributed by atoms with Crippen LogP contribution < -0.4 is 11.1 Å². The fraction of sp³-hybridized carbons (Fsp3) is 0.250. The maximum Gasteiger partial charge on any atom is 0.246 e. The summed E-state index contributed by atoms with van der Waals surface area (Å²) in [6, 6.07) is 0. The Labute approximate surface area is 122 Å². The minimum Gasteiger partial charge on any atom is -0.394 e. The van der Waals surface area contributed by atoms with E-state index in [9.17, 15) is 22.4 Å². The SMILES string of the molecule is C=C(C)C(=O)NCCOSc1c(F)c(F)c(N)c(F)c1F. The molecule has 0 saturated carbocycles. The lowest BCUT2D eigenvalue weighted by atomic mass is 10.2. The molecular weight excluding hydrogens is 312 g/mol. The van der Waals surface area contributed by atoms with E-state index < -0.39 is 39.8 Å². The second kappa shape index (κ2) is 7.32. The zero-order chi connectivity index (χ0) is 16.2. The molecule has 3 N–H and O–H groups in total. The third-order valence-electron chi connectivity index (χ3n) is 2.26. The van der Waals surface area contributed by atoms with Crippen LogP contribution in [0.25, 0.3) is 0 Å². The highest BCUT2D eigenvalue weighted by Gasteiger charge is 2.24. The summed E-state index contributed by atoms with van der Waals surface area (Å²) in [5.41, 5.74) is 3.90. The van der Waals surface area contributed by atoms with Gasteiger partial charge in [-0.3, -0.25) is 4.79 Å². The van der Waals surface area contributed by atoms with Gasteiger partial charge in [0.2, 0.25) is 5.91 Å². The Morgan fingerprint density at radius 2 is 1.76 bits per heavy atom. The Morgan fingerprint density at radius 1 is 1.24 bits per heavy atom. The summed E-state index contributed by atoms with van der Waals surface area (Å²) < 4.78 is 57.9. The molecule has 0 fully saturated rings. The Balaban J connectivity index is 2.61. The molecule has 4 nitrogen and oxygen atoms in total. The summed E-state index contributed by atoms with van der Waals surface area (Å²) in [7, 11) is 0. The first-order valence-electron chi connectivity index (χ1n) is 5.62. The van der Waals surface area contributed by atoms with E-state index in [1.807, 2.05) is 0 Å². The summed E-state index contributed by atoms with van der Waals surface area (Å²) in [6.07, 6.45) is 0. The topological polar surface area (TPSA) is 64.3 Å². The van der Waals surface area contributed by atoms with Crippen LogP contribution in [0.15, 0.2) is 17.0 Å². The summed E-state index contributed by atoms with van der Waals surface area (Å²) in [5, 5.41) is 2.40. The minimum atomic E-state index is -1.68. The molecule has 0 aliphatic rings. The lowest BCUT2D eigenvalue weighted by Gasteiger charge is -2.09. The lowest BCUT2D eigenvalue weighted by molar-refractivity contribution is -0.117. The van der Waals surface area contributed by atoms with Crippen molar-refractivity contribution in [1.82, 2.24) is 5.32 Å². The van der Waals surface area contributed by atoms with E-state index >= 15 is 0 Å². The normalized spacial score (nSPS) is 10.5. The van der Waals surface area contributed by atoms with Crippen LogP contribution in [0.4, 0.5) is 23.2 Å². The van der Waals surface area contributed by atoms with Crippen LogP contribution in [-0.2, 0) is 8.98 Å². The van der Waals surface area contributed by atoms with Crippen LogP contribution in [0.5, 0.6) is 0 Å². The molecule has 21 heavy (non-hydrogen) atoms. The number of halogens is 4. The van der Waals surface area contributed by atoms with Gasteiger partial charge in [0.15, 0.2) is 23.3 Å². The van der Waals surface area contributed by atoms with Crippen LogP contribution in [0.3, 0.4) is 0 Å². The van der Waals surface area contributed by atoms with E-state index in [-0.39, 0.29) is 30.8 Å². The molecule has 0 radical (unpaired) electrons. The van der Waals surface area contributed by atoms with E-state index in [1.54, 1.807) is 0 Å². The van der Waals surface area contributed by atoms with Crippen LogP contribution in [0, 0.1) is 23.3 Å². The molecule has 0 aliphatic carbocycles. The average Bonchev–Trinajstić information content (AvgIpc) is 2.45. The second-order valence-corrected chi connectivity index (χ2v) is 4.75. The molecule has 0 aromatic heterocycles. The predicted octanol–water partition coefficient (Wildman–Crippen LogP) is 2.54. The van der Waals surface area contributed by atoms with E-state index in [0.29, 0.717) is 0 Å². The zero-order valence-corrected chi connectivity index (χ0v) is 11.8. The molecule has 0 spiro atoms. The van der Waals surface area contributed by atoms with Crippen molar-refractivity contribution in [2.24, 2.45) is 0 Å². The number of nitrogens with one attached hydrogen (secondary N) is 1. The summed E-state index contributed by atoms with van der Waals surface area (Å²) in [5.74, 6) is -7.05. The van der Waals surface area contributed by atoms with Gasteiger partial charge in [-0.25, -0.2) is 17.6 Å². The Bertz CT molecular complexity index is 552. The van der Waals surface area contributed by atoms with Gasteiger partial charge in [0, 0.05) is 24.2 Å². The summed E-state index contributed by atoms with van der Waals surface area (Å²) in [4.78, 5) is 10.1. The summed E-state index contributed by atoms with van der Waals surface area (Å²) >= 11 is 0.111. The fourth-order valence-electron chi connectivity index (χ4n) is 1.16. The molecule has 9 heteroatoms. The van der Waals surface area contributed by atoms with E-state index in [4.69, 9.17) is 9.92 Å². The monoisotopic (exact) mass is 324 g/mol. The van der Waals surface area contributed by atoms with Gasteiger partial charge in [-0.15, -0.1) is 0 Å². The van der Waals surface area contributed by atoms with Crippen molar-refractivity contribution in [1.29, 1.82) is 0 Å². The number of nitrogen functional groups attached to an aromatic ring is 1. The Morgan fingerprint density at radius 3 is 2.24 bits per heavy atom. The highest BCUT2D eigenvalue weighted by atomic mass is 32.2. The van der Waals surface area contributed by atoms with E-state index in [1.165, 1.54) is 6.92 Å². The van der Waals surface area contributed by atoms with Gasteiger partial charge in [-0.1, -0.05) is 6.58 Å². The molecule has 1 rings (SSSR count). The van der Waals surface area contributed by atoms with Crippen molar-refractivity contribution < 1.29 is 26.5 Å². The number of rotatable bonds is 6. The van der Waals surface area contributed by atoms with Gasteiger partial charge < -0.3 is 15.2 Å². The molecule has 1 amide bonds. The highest BCUT2D eigenvalue weighted by Crippen LogP contribution is 2.32. The zero-order valence-electron chi connectivity index (χ0n) is 10.9. The number of hydrogen-bond donors (Lipinski definition) is 2. The highest BCUT2D eigenvalue weighted by molar-refractivity contribution is 7.94. The molecule has 0 heterocycles. The number of nitrogens with two attached hydrogens (primary N) is 1. The molecule has 0 bridgehead atoms. The second-order valence-electron chi connectivity index (χ2n) is 3.94. The largest absolute Gasteiger partial charge is 0.394 e. The van der Waals surface area contributed by atoms with Crippen molar-refractivity contribution in [3.63, 3.8) is 0 Å². The smallest absolute Gasteiger partial charge is 0.246 e. The number of carbonyl (C=O) groups excluding carboxylic acids is 1. The molecule has 116 valence electrons. The van der Waals surface area contributed by atoms with Gasteiger partial charge in [-0.05, 0) is 6.92 Å². The Kier molecular flexibility index (Phi) is 6.03. The van der Waals surface area contributed by atoms with Crippen molar-refractivity contribution in [3.05, 3.63) is 35.4 Å². The fourth-order valence-corrected chi connectivity index (χ4v) is 1.77. The van der Waals surface area contributed by atoms with Gasteiger partial charge in [0.1, 0.15) is 10.6 Å². The van der Waals surface area contributed by atoms with Crippen molar-refractivity contribution in [2.45, 2.75) is 11.8 Å². The number of carbonyl (C=O) groups is 1. The number of anilines is 1. The molecule has 1 aromatic rings. The third kappa shape index (κ3) is 4.11. The van der Waals surface area contributed by atoms with Crippen LogP contribution in [0.2, 0.25) is 0 Å². The first-order chi connectivity index (χ1) is 9.77. The van der Waals surface area contributed by atoms with E-state index in [2.05, 4.69) is 11.9 Å². The molecule has 0 aliphatic heterocycles. The predicted molar refractivity (Wildman–Crippen MR) is 70.3 cm³/mol. The van der Waals surface area contributed by atoms with Gasteiger partial charge in [0.05, 0.1) is 6.61 Å². The van der Waals surface area contributed by atoms with Gasteiger partial charge in [0.25, 0.3) is 0 Å². The number of benzene rings is 1. The quantitative estimate of drug-likeness (QED) is 0.211. The standard InChI is InChI=1S/C12H12F4N2O2S/c1-5(2)12(19)18-3-4-20-21-11-8(15)6(13)10(17)7(14)9(11)16/h1,3-4,17H2,2H3,(H,18,19). The lowest BCUT2D eigenvalue weighted by Crippen LogP contribution is -2.26. The first-order valence-corrected chi connectivity index (χ1v) is 6.36. The van der Waals surface area contributed by atoms with Gasteiger partial charge >= 0.3 is 0 Å². The third-order valence-corrected chi connectivity index (χ3v) is 3.07. The molecule has 0 atom stereocenters. The molecule has 0 saturated heterocycles. The van der Waals surface area contributed by atoms with Crippen LogP contribution in [0.1, 0.15) is 6.92 Å². The first kappa shape index (κ1) is 17.3. The van der Waals surface area contributed by atoms with Crippen LogP contribution >= 0.6 is 12.0 Å². The summed E-state index contributed by atoms with van der Waals surface area (Å²) in [6.45, 7) is 4.78. The molecule has 1 aromatic carbocycles. The molecule has 0 unspecified atom stereocenters. The maximum atomic E-state index is 13.4. The van der Waals surface area contributed by atoms with Crippen molar-refractivity contribution >= 4 is 23.6 Å². The van der Waals surface area contributed by atoms with Crippen LogP contribution in [-0.4, -0.2) is 19.1 Å². The number of amides is 1. The van der Waals surface area contributed by atoms with Crippen molar-refractivity contribution in [2.75, 3.05) is 18.9 Å². The minimum absolute atomic E-state index is 0.0296. The van der Waals surface area contributed by atoms with Crippen molar-refractivity contribution in [3.8, 4) is 0 Å². The Hall–Kier alpha value is -1.74. The molecular formula is C12H12F4N2O2S. The van der Waals surface area contributed by atoms with E-state index in [0.717, 1.165) is 0 Å².